The summed E-state index contributed by atoms with van der Waals surface area (Å²) in [6, 6.07) is 6.04. The highest BCUT2D eigenvalue weighted by molar-refractivity contribution is 8.14. The molecule has 1 aliphatic carbocycles. The monoisotopic (exact) mass is 588 g/mol. The number of nitrogens with zero attached hydrogens (tertiary/aromatic N) is 2. The van der Waals surface area contributed by atoms with Gasteiger partial charge >= 0.3 is 5.97 Å². The van der Waals surface area contributed by atoms with Crippen LogP contribution in [0.3, 0.4) is 0 Å². The van der Waals surface area contributed by atoms with E-state index in [1.54, 1.807) is 25.1 Å². The van der Waals surface area contributed by atoms with Crippen LogP contribution in [0.5, 0.6) is 0 Å². The molecule has 4 rings (SSSR count). The van der Waals surface area contributed by atoms with Crippen molar-refractivity contribution in [2.45, 2.75) is 57.2 Å². The van der Waals surface area contributed by atoms with Gasteiger partial charge in [-0.2, -0.15) is 0 Å². The van der Waals surface area contributed by atoms with Crippen molar-refractivity contribution in [3.63, 3.8) is 0 Å². The molecule has 1 saturated carbocycles. The molecule has 0 bridgehead atoms. The molecule has 2 atom stereocenters. The lowest BCUT2D eigenvalue weighted by Gasteiger charge is -2.39. The standard InChI is InChI=1S/C28H37FN2O4S.2ClH/c1-3-35-26(33)18-30-13-10-20(11-14-30)16-22-17-31(15-12-25(22)36-19(2)32)27(28(34)21-8-9-21)23-6-4-5-7-24(23)29;;/h4-7,16,20-21,25,27H,3,8-15,17-18H2,1-2H3;2*1H/b22-16-;;. The predicted octanol–water partition coefficient (Wildman–Crippen LogP) is 5.25. The molecule has 2 aliphatic heterocycles. The van der Waals surface area contributed by atoms with Gasteiger partial charge < -0.3 is 4.74 Å². The summed E-state index contributed by atoms with van der Waals surface area (Å²) in [5, 5.41) is 0.164. The van der Waals surface area contributed by atoms with Crippen molar-refractivity contribution in [2.75, 3.05) is 39.3 Å². The van der Waals surface area contributed by atoms with E-state index >= 15 is 0 Å². The number of likely N-dealkylation sites (tertiary alicyclic amines) is 2. The number of hydrogen-bond acceptors (Lipinski definition) is 7. The Bertz CT molecular complexity index is 999. The summed E-state index contributed by atoms with van der Waals surface area (Å²) in [5.41, 5.74) is 1.62. The van der Waals surface area contributed by atoms with Gasteiger partial charge in [0.05, 0.1) is 19.2 Å². The molecule has 0 radical (unpaired) electrons. The fourth-order valence-corrected chi connectivity index (χ4v) is 6.32. The van der Waals surface area contributed by atoms with Crippen LogP contribution in [-0.2, 0) is 19.1 Å². The largest absolute Gasteiger partial charge is 0.465 e. The van der Waals surface area contributed by atoms with Gasteiger partial charge in [-0.25, -0.2) is 4.39 Å². The Labute approximate surface area is 241 Å². The first kappa shape index (κ1) is 32.8. The van der Waals surface area contributed by atoms with E-state index in [0.717, 1.165) is 50.8 Å². The smallest absolute Gasteiger partial charge is 0.320 e. The minimum absolute atomic E-state index is 0. The van der Waals surface area contributed by atoms with Crippen molar-refractivity contribution in [1.29, 1.82) is 0 Å². The number of ether oxygens (including phenoxy) is 1. The maximum atomic E-state index is 14.9. The number of esters is 1. The summed E-state index contributed by atoms with van der Waals surface area (Å²) in [7, 11) is 0. The van der Waals surface area contributed by atoms with Crippen LogP contribution in [0.15, 0.2) is 35.9 Å². The summed E-state index contributed by atoms with van der Waals surface area (Å²) < 4.78 is 19.9. The number of halogens is 3. The summed E-state index contributed by atoms with van der Waals surface area (Å²) in [6.07, 6.45) is 6.67. The number of carbonyl (C=O) groups is 3. The summed E-state index contributed by atoms with van der Waals surface area (Å²) in [4.78, 5) is 41.4. The molecule has 3 fully saturated rings. The Kier molecular flexibility index (Phi) is 13.2. The highest BCUT2D eigenvalue weighted by Crippen LogP contribution is 2.41. The topological polar surface area (TPSA) is 66.9 Å². The fourth-order valence-electron chi connectivity index (χ4n) is 5.39. The Morgan fingerprint density at radius 1 is 1.08 bits per heavy atom. The molecule has 0 amide bonds. The van der Waals surface area contributed by atoms with E-state index in [9.17, 15) is 18.8 Å². The minimum atomic E-state index is -0.586. The third-order valence-electron chi connectivity index (χ3n) is 7.34. The van der Waals surface area contributed by atoms with Crippen molar-refractivity contribution in [3.8, 4) is 0 Å². The average molecular weight is 590 g/mol. The molecular weight excluding hydrogens is 550 g/mol. The fraction of sp³-hybridized carbons (Fsp3) is 0.607. The quantitative estimate of drug-likeness (QED) is 0.288. The molecule has 2 unspecified atom stereocenters. The number of allylic oxidation sites excluding steroid dienone is 1. The molecule has 2 saturated heterocycles. The van der Waals surface area contributed by atoms with Gasteiger partial charge in [0.1, 0.15) is 5.82 Å². The molecule has 2 heterocycles. The van der Waals surface area contributed by atoms with E-state index in [2.05, 4.69) is 15.9 Å². The molecule has 1 aromatic carbocycles. The van der Waals surface area contributed by atoms with Crippen LogP contribution in [-0.4, -0.2) is 71.2 Å². The Balaban J connectivity index is 0.00000253. The van der Waals surface area contributed by atoms with Gasteiger partial charge in [0.2, 0.25) is 0 Å². The highest BCUT2D eigenvalue weighted by atomic mass is 35.5. The van der Waals surface area contributed by atoms with Crippen LogP contribution < -0.4 is 0 Å². The summed E-state index contributed by atoms with van der Waals surface area (Å²) >= 11 is 1.36. The van der Waals surface area contributed by atoms with E-state index in [4.69, 9.17) is 4.74 Å². The van der Waals surface area contributed by atoms with Crippen molar-refractivity contribution >= 4 is 53.4 Å². The highest BCUT2D eigenvalue weighted by Gasteiger charge is 2.41. The van der Waals surface area contributed by atoms with Crippen molar-refractivity contribution in [3.05, 3.63) is 47.3 Å². The first-order valence-electron chi connectivity index (χ1n) is 13.1. The van der Waals surface area contributed by atoms with Crippen LogP contribution >= 0.6 is 36.6 Å². The molecule has 1 aromatic rings. The number of thioether (sulfide) groups is 1. The van der Waals surface area contributed by atoms with Crippen molar-refractivity contribution < 1.29 is 23.5 Å². The maximum Gasteiger partial charge on any atom is 0.320 e. The number of ketones is 1. The Morgan fingerprint density at radius 2 is 1.76 bits per heavy atom. The van der Waals surface area contributed by atoms with Crippen molar-refractivity contribution in [2.24, 2.45) is 11.8 Å². The van der Waals surface area contributed by atoms with Gasteiger partial charge in [-0.05, 0) is 69.7 Å². The van der Waals surface area contributed by atoms with Gasteiger partial charge in [-0.15, -0.1) is 24.8 Å². The molecule has 0 aromatic heterocycles. The SMILES string of the molecule is CCOC(=O)CN1CCC(/C=C2/CN(C(C(=O)C3CC3)c3ccccc3F)CCC2SC(C)=O)CC1.Cl.Cl. The third-order valence-corrected chi connectivity index (χ3v) is 8.50. The van der Waals surface area contributed by atoms with E-state index in [-0.39, 0.29) is 58.7 Å². The predicted molar refractivity (Wildman–Crippen MR) is 153 cm³/mol. The van der Waals surface area contributed by atoms with Crippen LogP contribution in [0.25, 0.3) is 0 Å². The minimum Gasteiger partial charge on any atom is -0.465 e. The molecule has 6 nitrogen and oxygen atoms in total. The van der Waals surface area contributed by atoms with Gasteiger partial charge in [0.25, 0.3) is 0 Å². The zero-order valence-electron chi connectivity index (χ0n) is 22.1. The molecule has 0 spiro atoms. The van der Waals surface area contributed by atoms with Crippen LogP contribution in [0.1, 0.15) is 57.6 Å². The first-order chi connectivity index (χ1) is 17.4. The molecule has 0 N–H and O–H groups in total. The Morgan fingerprint density at radius 3 is 2.37 bits per heavy atom. The van der Waals surface area contributed by atoms with Gasteiger partial charge in [0, 0.05) is 36.7 Å². The third kappa shape index (κ3) is 8.78. The van der Waals surface area contributed by atoms with Crippen LogP contribution in [0.2, 0.25) is 0 Å². The lowest BCUT2D eigenvalue weighted by molar-refractivity contribution is -0.144. The number of carbonyl (C=O) groups excluding carboxylic acids is 3. The molecular formula is C28H39Cl2FN2O4S. The maximum absolute atomic E-state index is 14.9. The molecule has 38 heavy (non-hydrogen) atoms. The molecule has 212 valence electrons. The van der Waals surface area contributed by atoms with Gasteiger partial charge in [-0.1, -0.05) is 36.0 Å². The van der Waals surface area contributed by atoms with E-state index in [0.29, 0.717) is 37.7 Å². The van der Waals surface area contributed by atoms with E-state index in [1.165, 1.54) is 17.8 Å². The first-order valence-corrected chi connectivity index (χ1v) is 14.0. The molecule has 3 aliphatic rings. The number of rotatable bonds is 9. The molecule has 10 heteroatoms. The zero-order chi connectivity index (χ0) is 25.7. The van der Waals surface area contributed by atoms with Crippen molar-refractivity contribution in [1.82, 2.24) is 9.80 Å². The second-order valence-electron chi connectivity index (χ2n) is 10.1. The van der Waals surface area contributed by atoms with Crippen LogP contribution in [0, 0.1) is 17.7 Å². The van der Waals surface area contributed by atoms with Crippen LogP contribution in [0.4, 0.5) is 4.39 Å². The summed E-state index contributed by atoms with van der Waals surface area (Å²) in [6.45, 7) is 6.98. The lowest BCUT2D eigenvalue weighted by atomic mass is 9.89. The summed E-state index contributed by atoms with van der Waals surface area (Å²) in [5.74, 6) is -0.0372. The second kappa shape index (κ2) is 15.4. The average Bonchev–Trinajstić information content (AvgIpc) is 3.69. The zero-order valence-corrected chi connectivity index (χ0v) is 24.6. The van der Waals surface area contributed by atoms with Gasteiger partial charge in [-0.3, -0.25) is 24.2 Å². The lowest BCUT2D eigenvalue weighted by Crippen LogP contribution is -2.43. The Hall–Kier alpha value is -1.45. The van der Waals surface area contributed by atoms with E-state index in [1.807, 2.05) is 6.92 Å². The normalized spacial score (nSPS) is 22.7. The van der Waals surface area contributed by atoms with Gasteiger partial charge in [0.15, 0.2) is 10.9 Å². The number of benzene rings is 1. The number of piperidine rings is 2. The number of Topliss-reactive ketones (excluding diaryl/α,β-unsaturated/α-hetero) is 1. The van der Waals surface area contributed by atoms with E-state index < -0.39 is 6.04 Å². The number of hydrogen-bond donors (Lipinski definition) is 0. The second-order valence-corrected chi connectivity index (χ2v) is 11.5.